The Labute approximate surface area is 135 Å². The Morgan fingerprint density at radius 2 is 1.96 bits per heavy atom. The van der Waals surface area contributed by atoms with Crippen LogP contribution >= 0.6 is 0 Å². The van der Waals surface area contributed by atoms with Gasteiger partial charge in [0.1, 0.15) is 11.7 Å². The second kappa shape index (κ2) is 6.92. The molecule has 0 fully saturated rings. The second-order valence-corrected chi connectivity index (χ2v) is 5.34. The number of nitrogens with one attached hydrogen (secondary N) is 1. The molecule has 23 heavy (non-hydrogen) atoms. The number of benzene rings is 1. The monoisotopic (exact) mass is 306 g/mol. The highest BCUT2D eigenvalue weighted by Gasteiger charge is 2.25. The Morgan fingerprint density at radius 1 is 1.13 bits per heavy atom. The Kier molecular flexibility index (Phi) is 4.52. The molecule has 0 saturated heterocycles. The van der Waals surface area contributed by atoms with Gasteiger partial charge in [-0.3, -0.25) is 9.78 Å². The van der Waals surface area contributed by atoms with Crippen molar-refractivity contribution in [2.75, 3.05) is 0 Å². The number of rotatable bonds is 5. The van der Waals surface area contributed by atoms with Crippen LogP contribution in [0.5, 0.6) is 0 Å². The van der Waals surface area contributed by atoms with E-state index in [1.807, 2.05) is 55.5 Å². The van der Waals surface area contributed by atoms with Crippen molar-refractivity contribution in [3.05, 3.63) is 89.6 Å². The summed E-state index contributed by atoms with van der Waals surface area (Å²) in [6.45, 7) is 2.37. The lowest BCUT2D eigenvalue weighted by Gasteiger charge is -2.18. The summed E-state index contributed by atoms with van der Waals surface area (Å²) >= 11 is 0. The number of aryl methyl sites for hydroxylation is 1. The molecule has 1 atom stereocenters. The van der Waals surface area contributed by atoms with Crippen LogP contribution in [0.2, 0.25) is 0 Å². The maximum Gasteiger partial charge on any atom is 0.234 e. The molecular formula is C19H18N2O2. The van der Waals surface area contributed by atoms with Gasteiger partial charge in [0, 0.05) is 6.20 Å². The highest BCUT2D eigenvalue weighted by molar-refractivity contribution is 5.87. The second-order valence-electron chi connectivity index (χ2n) is 5.34. The molecule has 0 saturated carbocycles. The van der Waals surface area contributed by atoms with E-state index in [-0.39, 0.29) is 5.91 Å². The van der Waals surface area contributed by atoms with Crippen molar-refractivity contribution in [3.63, 3.8) is 0 Å². The molecule has 2 heterocycles. The first-order valence-electron chi connectivity index (χ1n) is 7.52. The van der Waals surface area contributed by atoms with Crippen LogP contribution in [-0.2, 0) is 11.3 Å². The molecule has 4 nitrogen and oxygen atoms in total. The van der Waals surface area contributed by atoms with Crippen molar-refractivity contribution < 1.29 is 9.21 Å². The van der Waals surface area contributed by atoms with Crippen LogP contribution in [-0.4, -0.2) is 10.9 Å². The number of pyridine rings is 1. The van der Waals surface area contributed by atoms with Crippen LogP contribution < -0.4 is 5.32 Å². The number of carbonyl (C=O) groups is 1. The average Bonchev–Trinajstić information content (AvgIpc) is 3.09. The fourth-order valence-electron chi connectivity index (χ4n) is 2.58. The molecule has 1 unspecified atom stereocenters. The SMILES string of the molecule is Cc1ccccc1C(C(=O)NCc1ccco1)c1ccccn1. The first-order valence-corrected chi connectivity index (χ1v) is 7.52. The van der Waals surface area contributed by atoms with Gasteiger partial charge in [0.2, 0.25) is 5.91 Å². The van der Waals surface area contributed by atoms with E-state index in [9.17, 15) is 4.79 Å². The molecule has 0 bridgehead atoms. The highest BCUT2D eigenvalue weighted by Crippen LogP contribution is 2.26. The van der Waals surface area contributed by atoms with Crippen LogP contribution in [0, 0.1) is 6.92 Å². The van der Waals surface area contributed by atoms with E-state index in [0.29, 0.717) is 6.54 Å². The van der Waals surface area contributed by atoms with E-state index in [0.717, 1.165) is 22.6 Å². The molecular weight excluding hydrogens is 288 g/mol. The summed E-state index contributed by atoms with van der Waals surface area (Å²) in [7, 11) is 0. The first-order chi connectivity index (χ1) is 11.3. The maximum absolute atomic E-state index is 12.8. The number of nitrogens with zero attached hydrogens (tertiary/aromatic N) is 1. The van der Waals surface area contributed by atoms with Gasteiger partial charge in [-0.1, -0.05) is 30.3 Å². The van der Waals surface area contributed by atoms with Crippen molar-refractivity contribution in [1.82, 2.24) is 10.3 Å². The van der Waals surface area contributed by atoms with Gasteiger partial charge in [-0.05, 0) is 42.3 Å². The van der Waals surface area contributed by atoms with Gasteiger partial charge in [0.05, 0.1) is 18.5 Å². The van der Waals surface area contributed by atoms with Gasteiger partial charge in [-0.25, -0.2) is 0 Å². The summed E-state index contributed by atoms with van der Waals surface area (Å²) in [6, 6.07) is 17.2. The lowest BCUT2D eigenvalue weighted by Crippen LogP contribution is -2.30. The Balaban J connectivity index is 1.89. The van der Waals surface area contributed by atoms with E-state index in [4.69, 9.17) is 4.42 Å². The Morgan fingerprint density at radius 3 is 2.65 bits per heavy atom. The summed E-state index contributed by atoms with van der Waals surface area (Å²) in [6.07, 6.45) is 3.31. The number of furan rings is 1. The van der Waals surface area contributed by atoms with Crippen molar-refractivity contribution >= 4 is 5.91 Å². The predicted octanol–water partition coefficient (Wildman–Crippen LogP) is 3.43. The smallest absolute Gasteiger partial charge is 0.234 e. The zero-order valence-electron chi connectivity index (χ0n) is 12.9. The standard InChI is InChI=1S/C19H18N2O2/c1-14-7-2-3-9-16(14)18(17-10-4-5-11-20-17)19(22)21-13-15-8-6-12-23-15/h2-12,18H,13H2,1H3,(H,21,22). The highest BCUT2D eigenvalue weighted by atomic mass is 16.3. The van der Waals surface area contributed by atoms with Gasteiger partial charge < -0.3 is 9.73 Å². The fourth-order valence-corrected chi connectivity index (χ4v) is 2.58. The average molecular weight is 306 g/mol. The lowest BCUT2D eigenvalue weighted by molar-refractivity contribution is -0.122. The summed E-state index contributed by atoms with van der Waals surface area (Å²) < 4.78 is 5.27. The number of aromatic nitrogens is 1. The first kappa shape index (κ1) is 15.0. The summed E-state index contributed by atoms with van der Waals surface area (Å²) in [4.78, 5) is 17.2. The van der Waals surface area contributed by atoms with Gasteiger partial charge in [0.25, 0.3) is 0 Å². The minimum atomic E-state index is -0.438. The van der Waals surface area contributed by atoms with Crippen LogP contribution in [0.3, 0.4) is 0 Å². The van der Waals surface area contributed by atoms with Gasteiger partial charge in [0.15, 0.2) is 0 Å². The predicted molar refractivity (Wildman–Crippen MR) is 87.8 cm³/mol. The molecule has 2 aromatic heterocycles. The lowest BCUT2D eigenvalue weighted by atomic mass is 9.91. The molecule has 0 aliphatic rings. The third kappa shape index (κ3) is 3.48. The van der Waals surface area contributed by atoms with Crippen LogP contribution in [0.1, 0.15) is 28.5 Å². The van der Waals surface area contributed by atoms with Gasteiger partial charge in [-0.15, -0.1) is 0 Å². The molecule has 116 valence electrons. The van der Waals surface area contributed by atoms with Crippen molar-refractivity contribution in [2.24, 2.45) is 0 Å². The topological polar surface area (TPSA) is 55.1 Å². The quantitative estimate of drug-likeness (QED) is 0.785. The summed E-state index contributed by atoms with van der Waals surface area (Å²) in [5.74, 6) is 0.199. The normalized spacial score (nSPS) is 11.9. The van der Waals surface area contributed by atoms with Crippen molar-refractivity contribution in [3.8, 4) is 0 Å². The maximum atomic E-state index is 12.8. The zero-order chi connectivity index (χ0) is 16.1. The minimum Gasteiger partial charge on any atom is -0.467 e. The van der Waals surface area contributed by atoms with Crippen molar-refractivity contribution in [1.29, 1.82) is 0 Å². The van der Waals surface area contributed by atoms with Gasteiger partial charge in [-0.2, -0.15) is 0 Å². The van der Waals surface area contributed by atoms with Gasteiger partial charge >= 0.3 is 0 Å². The molecule has 1 N–H and O–H groups in total. The minimum absolute atomic E-state index is 0.0885. The molecule has 0 aliphatic carbocycles. The van der Waals surface area contributed by atoms with Crippen LogP contribution in [0.4, 0.5) is 0 Å². The third-order valence-electron chi connectivity index (χ3n) is 3.76. The summed E-state index contributed by atoms with van der Waals surface area (Å²) in [5.41, 5.74) is 2.76. The number of hydrogen-bond donors (Lipinski definition) is 1. The van der Waals surface area contributed by atoms with Crippen LogP contribution in [0.15, 0.2) is 71.5 Å². The van der Waals surface area contributed by atoms with E-state index in [1.165, 1.54) is 0 Å². The van der Waals surface area contributed by atoms with Crippen molar-refractivity contribution in [2.45, 2.75) is 19.4 Å². The molecule has 1 amide bonds. The van der Waals surface area contributed by atoms with E-state index in [2.05, 4.69) is 10.3 Å². The zero-order valence-corrected chi connectivity index (χ0v) is 12.9. The molecule has 0 radical (unpaired) electrons. The largest absolute Gasteiger partial charge is 0.467 e. The Hall–Kier alpha value is -2.88. The molecule has 0 aliphatic heterocycles. The molecule has 0 spiro atoms. The molecule has 4 heteroatoms. The number of carbonyl (C=O) groups excluding carboxylic acids is 1. The number of hydrogen-bond acceptors (Lipinski definition) is 3. The van der Waals surface area contributed by atoms with E-state index >= 15 is 0 Å². The van der Waals surface area contributed by atoms with Crippen LogP contribution in [0.25, 0.3) is 0 Å². The van der Waals surface area contributed by atoms with E-state index in [1.54, 1.807) is 18.5 Å². The molecule has 1 aromatic carbocycles. The number of amides is 1. The third-order valence-corrected chi connectivity index (χ3v) is 3.76. The molecule has 3 rings (SSSR count). The Bertz CT molecular complexity index is 767. The fraction of sp³-hybridized carbons (Fsp3) is 0.158. The summed E-state index contributed by atoms with van der Waals surface area (Å²) in [5, 5.41) is 2.94. The molecule has 3 aromatic rings. The van der Waals surface area contributed by atoms with E-state index < -0.39 is 5.92 Å².